The lowest BCUT2D eigenvalue weighted by Crippen LogP contribution is -2.44. The number of hydrogen-bond donors (Lipinski definition) is 2. The van der Waals surface area contributed by atoms with Crippen LogP contribution in [0.15, 0.2) is 54.9 Å². The number of nitrogens with one attached hydrogen (secondary N) is 2. The van der Waals surface area contributed by atoms with Crippen LogP contribution in [-0.4, -0.2) is 35.5 Å². The van der Waals surface area contributed by atoms with Crippen molar-refractivity contribution in [2.24, 2.45) is 0 Å². The number of fused-ring (bicyclic) bond motifs is 1. The molecule has 1 aromatic heterocycles. The van der Waals surface area contributed by atoms with Gasteiger partial charge >= 0.3 is 0 Å². The minimum atomic E-state index is -0.475. The van der Waals surface area contributed by atoms with E-state index < -0.39 is 5.91 Å². The van der Waals surface area contributed by atoms with Gasteiger partial charge in [0.2, 0.25) is 5.91 Å². The van der Waals surface area contributed by atoms with Crippen molar-refractivity contribution < 1.29 is 19.1 Å². The Kier molecular flexibility index (Phi) is 5.78. The molecule has 2 amide bonds. The summed E-state index contributed by atoms with van der Waals surface area (Å²) in [6.07, 6.45) is 3.32. The van der Waals surface area contributed by atoms with Gasteiger partial charge in [0.25, 0.3) is 5.91 Å². The number of benzene rings is 2. The molecule has 0 fully saturated rings. The number of amides is 2. The zero-order chi connectivity index (χ0) is 19.1. The van der Waals surface area contributed by atoms with Crippen LogP contribution in [0.2, 0.25) is 0 Å². The van der Waals surface area contributed by atoms with Crippen molar-refractivity contribution in [2.75, 3.05) is 13.7 Å². The van der Waals surface area contributed by atoms with E-state index in [0.29, 0.717) is 17.0 Å². The highest BCUT2D eigenvalue weighted by Crippen LogP contribution is 2.16. The monoisotopic (exact) mass is 366 g/mol. The molecule has 0 atom stereocenters. The lowest BCUT2D eigenvalue weighted by molar-refractivity contribution is -0.129. The van der Waals surface area contributed by atoms with E-state index in [0.717, 1.165) is 11.1 Å². The first-order valence-corrected chi connectivity index (χ1v) is 8.18. The summed E-state index contributed by atoms with van der Waals surface area (Å²) in [4.78, 5) is 32.0. The third-order valence-corrected chi connectivity index (χ3v) is 3.68. The predicted molar refractivity (Wildman–Crippen MR) is 98.0 cm³/mol. The number of carbonyl (C=O) groups is 2. The lowest BCUT2D eigenvalue weighted by Gasteiger charge is -2.09. The SMILES string of the molecule is COc1ccc(CC(=O)NNC(=O)COc2ccc3nccnc3c2)cc1. The van der Waals surface area contributed by atoms with Crippen LogP contribution in [0.25, 0.3) is 11.0 Å². The zero-order valence-corrected chi connectivity index (χ0v) is 14.6. The summed E-state index contributed by atoms with van der Waals surface area (Å²) in [5.41, 5.74) is 6.88. The molecule has 0 aliphatic carbocycles. The fraction of sp³-hybridized carbons (Fsp3) is 0.158. The molecule has 0 aliphatic rings. The van der Waals surface area contributed by atoms with E-state index in [9.17, 15) is 9.59 Å². The molecule has 0 bridgehead atoms. The Balaban J connectivity index is 1.43. The summed E-state index contributed by atoms with van der Waals surface area (Å²) in [6, 6.07) is 12.3. The van der Waals surface area contributed by atoms with E-state index in [2.05, 4.69) is 20.8 Å². The number of hydrazine groups is 1. The summed E-state index contributed by atoms with van der Waals surface area (Å²) >= 11 is 0. The number of aromatic nitrogens is 2. The minimum absolute atomic E-state index is 0.133. The normalized spacial score (nSPS) is 10.3. The maximum atomic E-state index is 11.9. The zero-order valence-electron chi connectivity index (χ0n) is 14.6. The van der Waals surface area contributed by atoms with E-state index in [4.69, 9.17) is 9.47 Å². The molecule has 27 heavy (non-hydrogen) atoms. The molecular weight excluding hydrogens is 348 g/mol. The standard InChI is InChI=1S/C19H18N4O4/c1-26-14-4-2-13(3-5-14)10-18(24)22-23-19(25)12-27-15-6-7-16-17(11-15)21-9-8-20-16/h2-9,11H,10,12H2,1H3,(H,22,24)(H,23,25). The van der Waals surface area contributed by atoms with E-state index >= 15 is 0 Å². The topological polar surface area (TPSA) is 102 Å². The van der Waals surface area contributed by atoms with Crippen molar-refractivity contribution in [1.29, 1.82) is 0 Å². The van der Waals surface area contributed by atoms with Crippen molar-refractivity contribution in [3.05, 3.63) is 60.4 Å². The maximum Gasteiger partial charge on any atom is 0.276 e. The minimum Gasteiger partial charge on any atom is -0.497 e. The molecule has 0 saturated carbocycles. The number of ether oxygens (including phenoxy) is 2. The molecule has 0 radical (unpaired) electrons. The van der Waals surface area contributed by atoms with Crippen LogP contribution < -0.4 is 20.3 Å². The summed E-state index contributed by atoms with van der Waals surface area (Å²) in [7, 11) is 1.57. The van der Waals surface area contributed by atoms with E-state index in [1.807, 2.05) is 0 Å². The van der Waals surface area contributed by atoms with E-state index in [-0.39, 0.29) is 18.9 Å². The Bertz CT molecular complexity index is 944. The molecule has 2 N–H and O–H groups in total. The number of rotatable bonds is 6. The first-order chi connectivity index (χ1) is 13.1. The average Bonchev–Trinajstić information content (AvgIpc) is 2.71. The van der Waals surface area contributed by atoms with Crippen LogP contribution in [0.1, 0.15) is 5.56 Å². The summed E-state index contributed by atoms with van der Waals surface area (Å²) in [5.74, 6) is 0.388. The van der Waals surface area contributed by atoms with Gasteiger partial charge in [-0.25, -0.2) is 0 Å². The maximum absolute atomic E-state index is 11.9. The van der Waals surface area contributed by atoms with Gasteiger partial charge in [0.1, 0.15) is 11.5 Å². The van der Waals surface area contributed by atoms with Crippen molar-refractivity contribution in [3.63, 3.8) is 0 Å². The van der Waals surface area contributed by atoms with Crippen LogP contribution in [-0.2, 0) is 16.0 Å². The Morgan fingerprint density at radius 2 is 1.56 bits per heavy atom. The second kappa shape index (κ2) is 8.61. The van der Waals surface area contributed by atoms with E-state index in [1.165, 1.54) is 0 Å². The molecule has 0 spiro atoms. The number of nitrogens with zero attached hydrogens (tertiary/aromatic N) is 2. The smallest absolute Gasteiger partial charge is 0.276 e. The molecule has 138 valence electrons. The first-order valence-electron chi connectivity index (χ1n) is 8.18. The quantitative estimate of drug-likeness (QED) is 0.640. The second-order valence-electron chi connectivity index (χ2n) is 5.62. The van der Waals surface area contributed by atoms with Gasteiger partial charge in [-0.1, -0.05) is 12.1 Å². The molecule has 0 aliphatic heterocycles. The summed E-state index contributed by atoms with van der Waals surface area (Å²) in [5, 5.41) is 0. The highest BCUT2D eigenvalue weighted by Gasteiger charge is 2.07. The summed E-state index contributed by atoms with van der Waals surface area (Å²) in [6.45, 7) is -0.241. The Morgan fingerprint density at radius 3 is 2.30 bits per heavy atom. The fourth-order valence-electron chi connectivity index (χ4n) is 2.33. The fourth-order valence-corrected chi connectivity index (χ4v) is 2.33. The number of hydrogen-bond acceptors (Lipinski definition) is 6. The van der Waals surface area contributed by atoms with Gasteiger partial charge in [-0.3, -0.25) is 30.4 Å². The second-order valence-corrected chi connectivity index (χ2v) is 5.62. The van der Waals surface area contributed by atoms with Crippen molar-refractivity contribution in [1.82, 2.24) is 20.8 Å². The molecule has 3 aromatic rings. The summed E-state index contributed by atoms with van der Waals surface area (Å²) < 4.78 is 10.5. The van der Waals surface area contributed by atoms with Gasteiger partial charge in [-0.15, -0.1) is 0 Å². The largest absolute Gasteiger partial charge is 0.497 e. The molecule has 3 rings (SSSR count). The van der Waals surface area contributed by atoms with Gasteiger partial charge < -0.3 is 9.47 Å². The molecule has 8 heteroatoms. The molecule has 0 saturated heterocycles. The molecule has 1 heterocycles. The van der Waals surface area contributed by atoms with Crippen LogP contribution >= 0.6 is 0 Å². The van der Waals surface area contributed by atoms with Gasteiger partial charge in [-0.05, 0) is 29.8 Å². The molecule has 0 unspecified atom stereocenters. The lowest BCUT2D eigenvalue weighted by atomic mass is 10.1. The molecule has 8 nitrogen and oxygen atoms in total. The van der Waals surface area contributed by atoms with Gasteiger partial charge in [-0.2, -0.15) is 0 Å². The van der Waals surface area contributed by atoms with Crippen LogP contribution in [0.5, 0.6) is 11.5 Å². The van der Waals surface area contributed by atoms with Gasteiger partial charge in [0, 0.05) is 18.5 Å². The van der Waals surface area contributed by atoms with Crippen molar-refractivity contribution in [2.45, 2.75) is 6.42 Å². The van der Waals surface area contributed by atoms with Crippen LogP contribution in [0.4, 0.5) is 0 Å². The molecular formula is C19H18N4O4. The van der Waals surface area contributed by atoms with Crippen LogP contribution in [0.3, 0.4) is 0 Å². The number of carbonyl (C=O) groups excluding carboxylic acids is 2. The highest BCUT2D eigenvalue weighted by atomic mass is 16.5. The molecule has 2 aromatic carbocycles. The highest BCUT2D eigenvalue weighted by molar-refractivity contribution is 5.84. The Hall–Kier alpha value is -3.68. The van der Waals surface area contributed by atoms with Crippen molar-refractivity contribution >= 4 is 22.8 Å². The predicted octanol–water partition coefficient (Wildman–Crippen LogP) is 1.41. The Labute approximate surface area is 155 Å². The third-order valence-electron chi connectivity index (χ3n) is 3.68. The van der Waals surface area contributed by atoms with Gasteiger partial charge in [0.05, 0.1) is 24.6 Å². The van der Waals surface area contributed by atoms with Crippen LogP contribution in [0, 0.1) is 0 Å². The third kappa shape index (κ3) is 5.15. The number of methoxy groups -OCH3 is 1. The van der Waals surface area contributed by atoms with Crippen molar-refractivity contribution in [3.8, 4) is 11.5 Å². The van der Waals surface area contributed by atoms with Gasteiger partial charge in [0.15, 0.2) is 6.61 Å². The average molecular weight is 366 g/mol. The van der Waals surface area contributed by atoms with E-state index in [1.54, 1.807) is 62.0 Å². The first kappa shape index (κ1) is 18.1. The Morgan fingerprint density at radius 1 is 0.889 bits per heavy atom.